The molecule has 3 atom stereocenters. The van der Waals surface area contributed by atoms with E-state index in [0.29, 0.717) is 26.7 Å². The number of rotatable bonds is 8. The summed E-state index contributed by atoms with van der Waals surface area (Å²) in [5.74, 6) is -2.91. The number of fused-ring (bicyclic) bond motifs is 3. The van der Waals surface area contributed by atoms with Crippen LogP contribution < -0.4 is 4.74 Å². The van der Waals surface area contributed by atoms with Gasteiger partial charge in [0.15, 0.2) is 11.5 Å². The number of benzene rings is 1. The Bertz CT molecular complexity index is 1880. The molecule has 1 saturated carbocycles. The highest BCUT2D eigenvalue weighted by Crippen LogP contribution is 2.68. The van der Waals surface area contributed by atoms with Crippen LogP contribution in [0, 0.1) is 29.4 Å². The smallest absolute Gasteiger partial charge is 0.435 e. The number of ether oxygens (including phenoxy) is 1. The summed E-state index contributed by atoms with van der Waals surface area (Å²) in [6.07, 6.45) is -4.10. The lowest BCUT2D eigenvalue weighted by Crippen LogP contribution is -2.24. The van der Waals surface area contributed by atoms with Crippen LogP contribution in [0.15, 0.2) is 53.1 Å². The lowest BCUT2D eigenvalue weighted by atomic mass is 9.90. The lowest BCUT2D eigenvalue weighted by Gasteiger charge is -2.19. The Kier molecular flexibility index (Phi) is 8.16. The van der Waals surface area contributed by atoms with Gasteiger partial charge in [-0.1, -0.05) is 5.92 Å². The first-order chi connectivity index (χ1) is 21.7. The number of hydrogen-bond acceptors (Lipinski definition) is 5. The molecule has 0 bridgehead atoms. The molecule has 6 rings (SSSR count). The van der Waals surface area contributed by atoms with Crippen LogP contribution in [-0.4, -0.2) is 32.6 Å². The largest absolute Gasteiger partial charge is 0.481 e. The van der Waals surface area contributed by atoms with Crippen molar-refractivity contribution in [3.8, 4) is 17.7 Å². The van der Waals surface area contributed by atoms with Crippen LogP contribution in [0.2, 0.25) is 0 Å². The zero-order chi connectivity index (χ0) is 33.0. The van der Waals surface area contributed by atoms with Gasteiger partial charge in [0.2, 0.25) is 5.88 Å². The van der Waals surface area contributed by atoms with Crippen LogP contribution in [0.3, 0.4) is 0 Å². The number of carbonyl (C=O) groups excluding carboxylic acids is 1. The van der Waals surface area contributed by atoms with Crippen molar-refractivity contribution in [2.24, 2.45) is 5.92 Å². The highest BCUT2D eigenvalue weighted by atomic mass is 79.9. The molecular formula is C32H22BrF7N4O2. The Morgan fingerprint density at radius 2 is 1.87 bits per heavy atom. The highest BCUT2D eigenvalue weighted by Gasteiger charge is 2.68. The van der Waals surface area contributed by atoms with Crippen LogP contribution in [0.4, 0.5) is 30.7 Å². The average Bonchev–Trinajstić information content (AvgIpc) is 3.64. The number of pyridine rings is 2. The lowest BCUT2D eigenvalue weighted by molar-refractivity contribution is -0.142. The van der Waals surface area contributed by atoms with Gasteiger partial charge in [-0.25, -0.2) is 18.7 Å². The maximum atomic E-state index is 15.1. The molecule has 1 fully saturated rings. The first-order valence-corrected chi connectivity index (χ1v) is 14.7. The summed E-state index contributed by atoms with van der Waals surface area (Å²) < 4.78 is 105. The van der Waals surface area contributed by atoms with E-state index in [2.05, 4.69) is 42.8 Å². The number of methoxy groups -OCH3 is 1. The predicted octanol–water partition coefficient (Wildman–Crippen LogP) is 7.34. The maximum absolute atomic E-state index is 15.1. The highest BCUT2D eigenvalue weighted by molar-refractivity contribution is 9.10. The second-order valence-electron chi connectivity index (χ2n) is 11.2. The van der Waals surface area contributed by atoms with E-state index < -0.39 is 77.2 Å². The molecule has 0 N–H and O–H groups in total. The van der Waals surface area contributed by atoms with Crippen molar-refractivity contribution < 1.29 is 40.3 Å². The van der Waals surface area contributed by atoms with Crippen molar-refractivity contribution in [3.63, 3.8) is 0 Å². The van der Waals surface area contributed by atoms with E-state index in [1.807, 2.05) is 0 Å². The molecule has 3 aromatic heterocycles. The fourth-order valence-electron chi connectivity index (χ4n) is 5.90. The second-order valence-corrected chi connectivity index (χ2v) is 12.0. The number of alkyl halides is 5. The molecule has 0 aliphatic heterocycles. The predicted molar refractivity (Wildman–Crippen MR) is 153 cm³/mol. The van der Waals surface area contributed by atoms with Gasteiger partial charge in [0.1, 0.15) is 29.6 Å². The first kappa shape index (κ1) is 31.7. The molecule has 14 heteroatoms. The molecule has 0 saturated heterocycles. The molecule has 0 radical (unpaired) electrons. The molecule has 1 aromatic carbocycles. The summed E-state index contributed by atoms with van der Waals surface area (Å²) in [6.45, 7) is -0.858. The van der Waals surface area contributed by atoms with Crippen molar-refractivity contribution in [1.29, 1.82) is 0 Å². The average molecular weight is 707 g/mol. The third kappa shape index (κ3) is 6.25. The summed E-state index contributed by atoms with van der Waals surface area (Å²) in [7, 11) is 1.47. The van der Waals surface area contributed by atoms with Crippen LogP contribution in [0.25, 0.3) is 0 Å². The normalized spacial score (nSPS) is 18.3. The van der Waals surface area contributed by atoms with E-state index >= 15 is 8.78 Å². The topological polar surface area (TPSA) is 69.9 Å². The van der Waals surface area contributed by atoms with E-state index in [4.69, 9.17) is 4.74 Å². The van der Waals surface area contributed by atoms with Crippen LogP contribution in [0.1, 0.15) is 64.1 Å². The number of ketones is 1. The van der Waals surface area contributed by atoms with Gasteiger partial charge in [0, 0.05) is 52.2 Å². The standard InChI is InChI=1S/C32H22BrF7N4O2/c1-46-26-7-3-16(14-41-26)2-4-21-5-6-25(33)28(42-21)18(8-17-9-19(34)12-20(35)10-17)11-22(45)15-44-30-27(29(43-44)32(38,39)40)23-13-24(23)31(30,36)37/h3,5-7,9-10,12,14,18,23-24H,8,11,13,15H2,1H3/t18-,23+,24-/m1/s1. The molecule has 0 spiro atoms. The minimum atomic E-state index is -4.98. The van der Waals surface area contributed by atoms with Gasteiger partial charge >= 0.3 is 6.18 Å². The summed E-state index contributed by atoms with van der Waals surface area (Å²) in [5.41, 5.74) is -1.58. The van der Waals surface area contributed by atoms with Gasteiger partial charge in [0.05, 0.1) is 12.8 Å². The molecule has 3 heterocycles. The summed E-state index contributed by atoms with van der Waals surface area (Å²) >= 11 is 3.40. The van der Waals surface area contributed by atoms with Gasteiger partial charge < -0.3 is 4.74 Å². The minimum absolute atomic E-state index is 0.0805. The minimum Gasteiger partial charge on any atom is -0.481 e. The van der Waals surface area contributed by atoms with Gasteiger partial charge in [-0.2, -0.15) is 27.1 Å². The first-order valence-electron chi connectivity index (χ1n) is 14.0. The molecule has 6 nitrogen and oxygen atoms in total. The number of carbonyl (C=O) groups is 1. The van der Waals surface area contributed by atoms with Crippen molar-refractivity contribution in [3.05, 3.63) is 104 Å². The van der Waals surface area contributed by atoms with E-state index in [1.165, 1.54) is 13.3 Å². The SMILES string of the molecule is COc1ccc(C#Cc2ccc(Br)c([C@@H](CC(=O)Cn3nc(C(F)(F)F)c4c3C(F)(F)[C@@H]3C[C@H]43)Cc3cc(F)cc(F)c3)n2)cn1. The van der Waals surface area contributed by atoms with Crippen LogP contribution in [0.5, 0.6) is 5.88 Å². The third-order valence-electron chi connectivity index (χ3n) is 7.95. The number of Topliss-reactive ketones (excluding diaryl/α,β-unsaturated/α-hetero) is 1. The van der Waals surface area contributed by atoms with E-state index in [0.717, 1.165) is 12.1 Å². The Balaban J connectivity index is 1.32. The molecule has 2 aliphatic carbocycles. The summed E-state index contributed by atoms with van der Waals surface area (Å²) in [6, 6.07) is 9.36. The molecule has 0 amide bonds. The zero-order valence-electron chi connectivity index (χ0n) is 23.8. The quantitative estimate of drug-likeness (QED) is 0.142. The molecule has 2 aliphatic rings. The van der Waals surface area contributed by atoms with Crippen molar-refractivity contribution in [2.75, 3.05) is 7.11 Å². The fourth-order valence-corrected chi connectivity index (χ4v) is 6.45. The molecule has 4 aromatic rings. The zero-order valence-corrected chi connectivity index (χ0v) is 25.4. The van der Waals surface area contributed by atoms with Gasteiger partial charge in [-0.15, -0.1) is 0 Å². The molecule has 46 heavy (non-hydrogen) atoms. The van der Waals surface area contributed by atoms with Gasteiger partial charge in [-0.05, 0) is 76.5 Å². The fraction of sp³-hybridized carbons (Fsp3) is 0.312. The Morgan fingerprint density at radius 1 is 1.13 bits per heavy atom. The summed E-state index contributed by atoms with van der Waals surface area (Å²) in [5, 5.41) is 3.43. The Hall–Kier alpha value is -4.25. The Labute approximate surface area is 266 Å². The number of nitrogens with zero attached hydrogens (tertiary/aromatic N) is 4. The van der Waals surface area contributed by atoms with Gasteiger partial charge in [-0.3, -0.25) is 9.48 Å². The molecular weight excluding hydrogens is 685 g/mol. The van der Waals surface area contributed by atoms with Gasteiger partial charge in [0.25, 0.3) is 5.92 Å². The second kappa shape index (κ2) is 11.8. The van der Waals surface area contributed by atoms with E-state index in [-0.39, 0.29) is 29.8 Å². The van der Waals surface area contributed by atoms with Crippen molar-refractivity contribution in [1.82, 2.24) is 19.7 Å². The van der Waals surface area contributed by atoms with Crippen LogP contribution in [-0.2, 0) is 29.9 Å². The van der Waals surface area contributed by atoms with E-state index in [9.17, 15) is 26.7 Å². The van der Waals surface area contributed by atoms with E-state index in [1.54, 1.807) is 24.3 Å². The number of halogens is 8. The Morgan fingerprint density at radius 3 is 2.52 bits per heavy atom. The summed E-state index contributed by atoms with van der Waals surface area (Å²) in [4.78, 5) is 22.1. The van der Waals surface area contributed by atoms with Crippen molar-refractivity contribution >= 4 is 21.7 Å². The third-order valence-corrected chi connectivity index (χ3v) is 8.62. The number of hydrogen-bond donors (Lipinski definition) is 0. The molecule has 238 valence electrons. The number of aromatic nitrogens is 4. The van der Waals surface area contributed by atoms with Crippen molar-refractivity contribution in [2.45, 2.75) is 49.7 Å². The van der Waals surface area contributed by atoms with Crippen LogP contribution >= 0.6 is 15.9 Å². The molecule has 0 unspecified atom stereocenters. The monoisotopic (exact) mass is 706 g/mol. The maximum Gasteiger partial charge on any atom is 0.435 e.